The minimum absolute atomic E-state index is 0.0162. The van der Waals surface area contributed by atoms with Crippen LogP contribution >= 0.6 is 27.9 Å². The van der Waals surface area contributed by atoms with Crippen LogP contribution in [-0.4, -0.2) is 51.3 Å². The Hall–Kier alpha value is -3.15. The van der Waals surface area contributed by atoms with E-state index in [1.807, 2.05) is 47.9 Å². The van der Waals surface area contributed by atoms with Gasteiger partial charge in [0.15, 0.2) is 5.82 Å². The molecule has 11 heteroatoms. The van der Waals surface area contributed by atoms with E-state index in [0.717, 1.165) is 21.3 Å². The number of halogens is 1. The fraction of sp³-hybridized carbons (Fsp3) is 0.280. The largest absolute Gasteiger partial charge is 0.494 e. The number of ether oxygens (including phenoxy) is 3. The molecule has 0 fully saturated rings. The Morgan fingerprint density at radius 3 is 2.36 bits per heavy atom. The second kappa shape index (κ2) is 11.7. The van der Waals surface area contributed by atoms with Gasteiger partial charge in [0, 0.05) is 35.7 Å². The smallest absolute Gasteiger partial charge is 0.239 e. The highest BCUT2D eigenvalue weighted by Gasteiger charge is 2.25. The van der Waals surface area contributed by atoms with Crippen LogP contribution in [0.1, 0.15) is 24.3 Å². The summed E-state index contributed by atoms with van der Waals surface area (Å²) in [6.45, 7) is 4.05. The molecule has 0 saturated heterocycles. The molecule has 188 valence electrons. The van der Waals surface area contributed by atoms with Crippen LogP contribution in [0.4, 0.5) is 5.95 Å². The van der Waals surface area contributed by atoms with E-state index in [9.17, 15) is 0 Å². The van der Waals surface area contributed by atoms with Gasteiger partial charge in [0.2, 0.25) is 5.95 Å². The summed E-state index contributed by atoms with van der Waals surface area (Å²) in [7, 11) is 4.92. The number of nitrogens with one attached hydrogen (secondary N) is 1. The zero-order valence-electron chi connectivity index (χ0n) is 20.6. The highest BCUT2D eigenvalue weighted by Crippen LogP contribution is 2.38. The van der Waals surface area contributed by atoms with Gasteiger partial charge in [-0.25, -0.2) is 0 Å². The van der Waals surface area contributed by atoms with Crippen molar-refractivity contribution in [1.29, 1.82) is 0 Å². The monoisotopic (exact) mass is 570 g/mol. The Morgan fingerprint density at radius 2 is 1.75 bits per heavy atom. The molecule has 4 aromatic rings. The van der Waals surface area contributed by atoms with Gasteiger partial charge >= 0.3 is 0 Å². The van der Waals surface area contributed by atoms with E-state index < -0.39 is 0 Å². The highest BCUT2D eigenvalue weighted by atomic mass is 79.9. The quantitative estimate of drug-likeness (QED) is 0.242. The Kier molecular flexibility index (Phi) is 8.44. The van der Waals surface area contributed by atoms with E-state index in [2.05, 4.69) is 47.7 Å². The Morgan fingerprint density at radius 1 is 1.00 bits per heavy atom. The molecule has 9 nitrogen and oxygen atoms in total. The van der Waals surface area contributed by atoms with Crippen molar-refractivity contribution >= 4 is 33.8 Å². The number of rotatable bonds is 10. The summed E-state index contributed by atoms with van der Waals surface area (Å²) in [5.41, 5.74) is 3.34. The van der Waals surface area contributed by atoms with Crippen molar-refractivity contribution in [2.24, 2.45) is 0 Å². The summed E-state index contributed by atoms with van der Waals surface area (Å²) >= 11 is 4.89. The summed E-state index contributed by atoms with van der Waals surface area (Å²) in [6.07, 6.45) is 5.08. The van der Waals surface area contributed by atoms with E-state index in [1.165, 1.54) is 11.9 Å². The molecular formula is C25H27BrN6O3S. The normalized spacial score (nSPS) is 12.7. The van der Waals surface area contributed by atoms with Gasteiger partial charge in [-0.15, -0.1) is 10.2 Å². The van der Waals surface area contributed by atoms with Crippen LogP contribution in [0.3, 0.4) is 0 Å². The van der Waals surface area contributed by atoms with Crippen LogP contribution in [-0.2, 0) is 4.74 Å². The second-order valence-corrected chi connectivity index (χ2v) is 10.0. The van der Waals surface area contributed by atoms with Gasteiger partial charge < -0.3 is 14.2 Å². The van der Waals surface area contributed by atoms with Crippen molar-refractivity contribution in [3.63, 3.8) is 0 Å². The number of benzene rings is 1. The van der Waals surface area contributed by atoms with Crippen LogP contribution in [0.5, 0.6) is 11.5 Å². The molecule has 2 atom stereocenters. The SMILES string of the molecule is COc1cccc(OC)c1-n1c(NS[C@H](C)[C@H](OC)c2ccc(Br)cn2)nnc1-c1cncc(C)c1. The molecule has 3 aromatic heterocycles. The molecule has 0 aliphatic carbocycles. The minimum Gasteiger partial charge on any atom is -0.494 e. The molecule has 36 heavy (non-hydrogen) atoms. The van der Waals surface area contributed by atoms with Crippen LogP contribution in [0.15, 0.2) is 59.5 Å². The molecule has 0 saturated carbocycles. The van der Waals surface area contributed by atoms with Gasteiger partial charge in [0.25, 0.3) is 0 Å². The second-order valence-electron chi connectivity index (χ2n) is 7.93. The van der Waals surface area contributed by atoms with Gasteiger partial charge in [-0.3, -0.25) is 19.3 Å². The maximum Gasteiger partial charge on any atom is 0.239 e. The third-order valence-electron chi connectivity index (χ3n) is 5.48. The zero-order valence-corrected chi connectivity index (χ0v) is 23.0. The molecule has 0 unspecified atom stereocenters. The number of hydrogen-bond acceptors (Lipinski definition) is 9. The van der Waals surface area contributed by atoms with Crippen LogP contribution in [0, 0.1) is 6.92 Å². The van der Waals surface area contributed by atoms with Crippen LogP contribution in [0.2, 0.25) is 0 Å². The summed E-state index contributed by atoms with van der Waals surface area (Å²) in [5.74, 6) is 2.34. The number of methoxy groups -OCH3 is 3. The van der Waals surface area contributed by atoms with Gasteiger partial charge in [0.1, 0.15) is 23.3 Å². The maximum atomic E-state index is 5.77. The fourth-order valence-electron chi connectivity index (χ4n) is 3.79. The predicted octanol–water partition coefficient (Wildman–Crippen LogP) is 5.65. The fourth-order valence-corrected chi connectivity index (χ4v) is 4.83. The average Bonchev–Trinajstić information content (AvgIpc) is 3.31. The van der Waals surface area contributed by atoms with E-state index in [-0.39, 0.29) is 11.4 Å². The Balaban J connectivity index is 1.73. The number of aryl methyl sites for hydroxylation is 1. The third-order valence-corrected chi connectivity index (χ3v) is 6.87. The third kappa shape index (κ3) is 5.48. The van der Waals surface area contributed by atoms with Gasteiger partial charge in [-0.2, -0.15) is 0 Å². The number of pyridine rings is 2. The molecule has 4 rings (SSSR count). The summed E-state index contributed by atoms with van der Waals surface area (Å²) in [4.78, 5) is 8.84. The average molecular weight is 572 g/mol. The first kappa shape index (κ1) is 25.9. The molecule has 0 aliphatic rings. The zero-order chi connectivity index (χ0) is 25.7. The molecule has 0 aliphatic heterocycles. The molecule has 0 radical (unpaired) electrons. The summed E-state index contributed by atoms with van der Waals surface area (Å²) in [6, 6.07) is 11.5. The lowest BCUT2D eigenvalue weighted by Crippen LogP contribution is -2.18. The van der Waals surface area contributed by atoms with Gasteiger partial charge in [0.05, 0.1) is 25.2 Å². The lowest BCUT2D eigenvalue weighted by Gasteiger charge is -2.22. The predicted molar refractivity (Wildman–Crippen MR) is 145 cm³/mol. The number of hydrogen-bond donors (Lipinski definition) is 1. The molecular weight excluding hydrogens is 544 g/mol. The first-order valence-electron chi connectivity index (χ1n) is 11.1. The van der Waals surface area contributed by atoms with Crippen molar-refractivity contribution in [3.05, 3.63) is 70.7 Å². The lowest BCUT2D eigenvalue weighted by molar-refractivity contribution is 0.101. The van der Waals surface area contributed by atoms with Crippen molar-refractivity contribution in [2.45, 2.75) is 25.2 Å². The van der Waals surface area contributed by atoms with Crippen LogP contribution in [0.25, 0.3) is 17.1 Å². The lowest BCUT2D eigenvalue weighted by atomic mass is 10.2. The number of nitrogens with zero attached hydrogens (tertiary/aromatic N) is 5. The van der Waals surface area contributed by atoms with Crippen molar-refractivity contribution in [2.75, 3.05) is 26.1 Å². The van der Waals surface area contributed by atoms with Gasteiger partial charge in [-0.05, 0) is 77.6 Å². The van der Waals surface area contributed by atoms with Crippen molar-refractivity contribution < 1.29 is 14.2 Å². The molecule has 1 aromatic carbocycles. The standard InChI is InChI=1S/C25H27BrN6O3S/c1-15-11-17(13-27-12-15)24-29-30-25(32(24)22-20(33-3)7-6-8-21(22)34-4)31-36-16(2)23(35-5)19-10-9-18(26)14-28-19/h6-14,16,23H,1-5H3,(H,30,31)/t16-,23+/m1/s1. The first-order chi connectivity index (χ1) is 17.5. The molecule has 0 bridgehead atoms. The molecule has 0 amide bonds. The number of aromatic nitrogens is 5. The van der Waals surface area contributed by atoms with E-state index in [4.69, 9.17) is 14.2 Å². The topological polar surface area (TPSA) is 96.2 Å². The molecule has 0 spiro atoms. The maximum absolute atomic E-state index is 5.77. The first-order valence-corrected chi connectivity index (χ1v) is 12.8. The number of anilines is 1. The van der Waals surface area contributed by atoms with E-state index in [1.54, 1.807) is 39.9 Å². The van der Waals surface area contributed by atoms with E-state index in [0.29, 0.717) is 29.0 Å². The summed E-state index contributed by atoms with van der Waals surface area (Å²) < 4.78 is 23.3. The van der Waals surface area contributed by atoms with Crippen molar-refractivity contribution in [1.82, 2.24) is 24.7 Å². The Labute approximate surface area is 222 Å². The number of para-hydroxylation sites is 1. The molecule has 1 N–H and O–H groups in total. The van der Waals surface area contributed by atoms with Crippen LogP contribution < -0.4 is 14.2 Å². The molecule has 3 heterocycles. The van der Waals surface area contributed by atoms with E-state index >= 15 is 0 Å². The van der Waals surface area contributed by atoms with Gasteiger partial charge in [-0.1, -0.05) is 6.07 Å². The minimum atomic E-state index is -0.242. The summed E-state index contributed by atoms with van der Waals surface area (Å²) in [5, 5.41) is 8.96. The van der Waals surface area contributed by atoms with Crippen molar-refractivity contribution in [3.8, 4) is 28.6 Å². The highest BCUT2D eigenvalue weighted by molar-refractivity contribution is 9.10. The Bertz CT molecular complexity index is 1300.